The molecule has 1 heterocycles. The fraction of sp³-hybridized carbons (Fsp3) is 0.364. The van der Waals surface area contributed by atoms with Crippen LogP contribution in [-0.2, 0) is 0 Å². The number of halogens is 2. The summed E-state index contributed by atoms with van der Waals surface area (Å²) in [6.07, 6.45) is 0. The molecule has 0 atom stereocenters. The topological polar surface area (TPSA) is 41.1 Å². The van der Waals surface area contributed by atoms with Crippen molar-refractivity contribution in [2.75, 3.05) is 19.6 Å². The average Bonchev–Trinajstić information content (AvgIpc) is 2.14. The number of nitrogens with one attached hydrogen (secondary N) is 2. The summed E-state index contributed by atoms with van der Waals surface area (Å²) in [5, 5.41) is 5.84. The fourth-order valence-electron chi connectivity index (χ4n) is 1.50. The van der Waals surface area contributed by atoms with E-state index in [0.29, 0.717) is 16.9 Å². The first-order chi connectivity index (χ1) is 7.66. The lowest BCUT2D eigenvalue weighted by Gasteiger charge is -2.27. The number of benzene rings is 1. The van der Waals surface area contributed by atoms with Gasteiger partial charge in [-0.3, -0.25) is 4.79 Å². The van der Waals surface area contributed by atoms with Crippen LogP contribution in [0.4, 0.5) is 4.39 Å². The fourth-order valence-corrected chi connectivity index (χ4v) is 1.83. The summed E-state index contributed by atoms with van der Waals surface area (Å²) in [5.74, 6) is -0.377. The SMILES string of the molecule is O=C(NCC1CNC1)c1ccc(Br)cc1F. The van der Waals surface area contributed by atoms with Crippen LogP contribution in [0.5, 0.6) is 0 Å². The minimum Gasteiger partial charge on any atom is -0.352 e. The van der Waals surface area contributed by atoms with Gasteiger partial charge in [-0.25, -0.2) is 4.39 Å². The Bertz CT molecular complexity index is 407. The Morgan fingerprint density at radius 3 is 2.88 bits per heavy atom. The van der Waals surface area contributed by atoms with Gasteiger partial charge in [0.1, 0.15) is 5.82 Å². The van der Waals surface area contributed by atoms with Crippen molar-refractivity contribution in [3.05, 3.63) is 34.1 Å². The number of hydrogen-bond donors (Lipinski definition) is 2. The zero-order chi connectivity index (χ0) is 11.5. The molecule has 3 nitrogen and oxygen atoms in total. The molecular weight excluding hydrogens is 275 g/mol. The molecule has 2 rings (SSSR count). The summed E-state index contributed by atoms with van der Waals surface area (Å²) < 4.78 is 14.0. The lowest BCUT2D eigenvalue weighted by Crippen LogP contribution is -2.48. The summed E-state index contributed by atoms with van der Waals surface area (Å²) in [6.45, 7) is 2.44. The van der Waals surface area contributed by atoms with Crippen LogP contribution in [-0.4, -0.2) is 25.5 Å². The van der Waals surface area contributed by atoms with E-state index in [1.165, 1.54) is 12.1 Å². The minimum absolute atomic E-state index is 0.0930. The lowest BCUT2D eigenvalue weighted by molar-refractivity contribution is 0.0938. The van der Waals surface area contributed by atoms with E-state index in [-0.39, 0.29) is 11.5 Å². The van der Waals surface area contributed by atoms with Gasteiger partial charge in [-0.05, 0) is 18.2 Å². The van der Waals surface area contributed by atoms with E-state index in [4.69, 9.17) is 0 Å². The molecule has 0 aromatic heterocycles. The predicted octanol–water partition coefficient (Wildman–Crippen LogP) is 1.54. The molecule has 86 valence electrons. The Morgan fingerprint density at radius 2 is 2.31 bits per heavy atom. The molecule has 0 saturated carbocycles. The Labute approximate surface area is 102 Å². The van der Waals surface area contributed by atoms with E-state index in [2.05, 4.69) is 26.6 Å². The van der Waals surface area contributed by atoms with E-state index in [1.807, 2.05) is 0 Å². The molecule has 1 fully saturated rings. The molecule has 0 aliphatic carbocycles. The first kappa shape index (κ1) is 11.5. The molecule has 5 heteroatoms. The van der Waals surface area contributed by atoms with Gasteiger partial charge in [0.2, 0.25) is 0 Å². The number of carbonyl (C=O) groups excluding carboxylic acids is 1. The number of hydrogen-bond acceptors (Lipinski definition) is 2. The van der Waals surface area contributed by atoms with Crippen molar-refractivity contribution >= 4 is 21.8 Å². The second-order valence-electron chi connectivity index (χ2n) is 3.86. The molecule has 1 aromatic carbocycles. The Morgan fingerprint density at radius 1 is 1.56 bits per heavy atom. The zero-order valence-electron chi connectivity index (χ0n) is 8.59. The average molecular weight is 287 g/mol. The molecule has 1 aliphatic rings. The first-order valence-electron chi connectivity index (χ1n) is 5.11. The largest absolute Gasteiger partial charge is 0.352 e. The maximum Gasteiger partial charge on any atom is 0.254 e. The van der Waals surface area contributed by atoms with Crippen LogP contribution in [0.15, 0.2) is 22.7 Å². The highest BCUT2D eigenvalue weighted by Gasteiger charge is 2.18. The summed E-state index contributed by atoms with van der Waals surface area (Å²) >= 11 is 3.15. The molecule has 1 amide bonds. The van der Waals surface area contributed by atoms with Gasteiger partial charge in [0, 0.05) is 30.0 Å². The van der Waals surface area contributed by atoms with Crippen LogP contribution in [0.1, 0.15) is 10.4 Å². The van der Waals surface area contributed by atoms with Gasteiger partial charge in [-0.1, -0.05) is 15.9 Å². The van der Waals surface area contributed by atoms with Crippen LogP contribution in [0.2, 0.25) is 0 Å². The van der Waals surface area contributed by atoms with Gasteiger partial charge in [0.05, 0.1) is 5.56 Å². The predicted molar refractivity (Wildman–Crippen MR) is 62.8 cm³/mol. The van der Waals surface area contributed by atoms with E-state index >= 15 is 0 Å². The molecule has 1 aliphatic heterocycles. The van der Waals surface area contributed by atoms with E-state index in [1.54, 1.807) is 6.07 Å². The normalized spacial score (nSPS) is 15.6. The van der Waals surface area contributed by atoms with Crippen LogP contribution in [0.25, 0.3) is 0 Å². The highest BCUT2D eigenvalue weighted by atomic mass is 79.9. The third kappa shape index (κ3) is 2.59. The summed E-state index contributed by atoms with van der Waals surface area (Å²) in [6, 6.07) is 4.43. The van der Waals surface area contributed by atoms with Crippen molar-refractivity contribution in [1.82, 2.24) is 10.6 Å². The maximum absolute atomic E-state index is 13.4. The minimum atomic E-state index is -0.501. The quantitative estimate of drug-likeness (QED) is 0.885. The van der Waals surface area contributed by atoms with Crippen molar-refractivity contribution in [1.29, 1.82) is 0 Å². The van der Waals surface area contributed by atoms with Crippen molar-refractivity contribution in [3.63, 3.8) is 0 Å². The zero-order valence-corrected chi connectivity index (χ0v) is 10.2. The Hall–Kier alpha value is -0.940. The Balaban J connectivity index is 1.96. The van der Waals surface area contributed by atoms with Crippen molar-refractivity contribution in [2.24, 2.45) is 5.92 Å². The number of amides is 1. The number of rotatable bonds is 3. The molecule has 0 spiro atoms. The van der Waals surface area contributed by atoms with Crippen LogP contribution in [0, 0.1) is 11.7 Å². The van der Waals surface area contributed by atoms with E-state index < -0.39 is 5.82 Å². The molecule has 1 saturated heterocycles. The number of carbonyl (C=O) groups is 1. The summed E-state index contributed by atoms with van der Waals surface area (Å²) in [4.78, 5) is 11.6. The summed E-state index contributed by atoms with van der Waals surface area (Å²) in [7, 11) is 0. The molecule has 0 unspecified atom stereocenters. The Kier molecular flexibility index (Phi) is 3.56. The van der Waals surface area contributed by atoms with Gasteiger partial charge < -0.3 is 10.6 Å². The van der Waals surface area contributed by atoms with Crippen LogP contribution >= 0.6 is 15.9 Å². The molecule has 0 bridgehead atoms. The molecular formula is C11H12BrFN2O. The second-order valence-corrected chi connectivity index (χ2v) is 4.77. The molecule has 2 N–H and O–H groups in total. The third-order valence-electron chi connectivity index (χ3n) is 2.59. The van der Waals surface area contributed by atoms with Crippen molar-refractivity contribution < 1.29 is 9.18 Å². The smallest absolute Gasteiger partial charge is 0.254 e. The van der Waals surface area contributed by atoms with Crippen LogP contribution < -0.4 is 10.6 Å². The molecule has 0 radical (unpaired) electrons. The third-order valence-corrected chi connectivity index (χ3v) is 3.09. The maximum atomic E-state index is 13.4. The van der Waals surface area contributed by atoms with Crippen molar-refractivity contribution in [3.8, 4) is 0 Å². The van der Waals surface area contributed by atoms with Gasteiger partial charge >= 0.3 is 0 Å². The lowest BCUT2D eigenvalue weighted by atomic mass is 10.0. The molecule has 1 aromatic rings. The highest BCUT2D eigenvalue weighted by molar-refractivity contribution is 9.10. The monoisotopic (exact) mass is 286 g/mol. The van der Waals surface area contributed by atoms with Crippen LogP contribution in [0.3, 0.4) is 0 Å². The van der Waals surface area contributed by atoms with E-state index in [0.717, 1.165) is 13.1 Å². The second kappa shape index (κ2) is 4.93. The highest BCUT2D eigenvalue weighted by Crippen LogP contribution is 2.15. The van der Waals surface area contributed by atoms with Gasteiger partial charge in [-0.15, -0.1) is 0 Å². The standard InChI is InChI=1S/C11H12BrFN2O/c12-8-1-2-9(10(13)3-8)11(16)15-6-7-4-14-5-7/h1-3,7,14H,4-6H2,(H,15,16). The van der Waals surface area contributed by atoms with Crippen molar-refractivity contribution in [2.45, 2.75) is 0 Å². The summed E-state index contributed by atoms with van der Waals surface area (Å²) in [5.41, 5.74) is 0.0930. The van der Waals surface area contributed by atoms with Gasteiger partial charge in [0.15, 0.2) is 0 Å². The van der Waals surface area contributed by atoms with E-state index in [9.17, 15) is 9.18 Å². The molecule has 16 heavy (non-hydrogen) atoms. The van der Waals surface area contributed by atoms with Gasteiger partial charge in [0.25, 0.3) is 5.91 Å². The first-order valence-corrected chi connectivity index (χ1v) is 5.90. The van der Waals surface area contributed by atoms with Gasteiger partial charge in [-0.2, -0.15) is 0 Å².